The number of pyridine rings is 4. The summed E-state index contributed by atoms with van der Waals surface area (Å²) in [5.41, 5.74) is 4.40. The number of methoxy groups -OCH3 is 4. The predicted octanol–water partition coefficient (Wildman–Crippen LogP) is 14.1. The average Bonchev–Trinajstić information content (AvgIpc) is 0.814. The number of rotatable bonds is 22. The first-order valence-electron chi connectivity index (χ1n) is 30.9. The van der Waals surface area contributed by atoms with Crippen LogP contribution in [0.5, 0.6) is 23.0 Å². The SMILES string of the molecule is COc1ccc(N(c2ccccc2)c2cncc(N3CCC(F)(COCC(=O)O)CC3)n2)nc1.COc1ccc(N(c2ccccc2)c2cncc(N3CCC(F)(COCC(=O)OC(C)(C)C)CC3)n2)nc1.COc1ccc(N)nc1.COc1ccc(Nc2ccccc2)nc1.II. The molecule has 98 heavy (non-hydrogen) atoms. The topological polar surface area (TPSA) is 273 Å². The number of nitrogens with one attached hydrogen (secondary N) is 1. The number of hydrogen-bond donors (Lipinski definition) is 3. The lowest BCUT2D eigenvalue weighted by Crippen LogP contribution is -2.45. The number of carboxylic acids is 1. The van der Waals surface area contributed by atoms with Gasteiger partial charge in [-0.1, -0.05) is 54.6 Å². The molecule has 0 unspecified atom stereocenters. The number of piperidine rings is 2. The third-order valence-corrected chi connectivity index (χ3v) is 14.6. The van der Waals surface area contributed by atoms with Crippen LogP contribution in [0.25, 0.3) is 0 Å². The Morgan fingerprint density at radius 3 is 1.30 bits per heavy atom. The number of aromatic nitrogens is 8. The number of anilines is 11. The number of benzene rings is 3. The van der Waals surface area contributed by atoms with Gasteiger partial charge in [-0.2, -0.15) is 0 Å². The van der Waals surface area contributed by atoms with Gasteiger partial charge in [-0.15, -0.1) is 0 Å². The fourth-order valence-electron chi connectivity index (χ4n) is 9.71. The highest BCUT2D eigenvalue weighted by Crippen LogP contribution is 2.37. The lowest BCUT2D eigenvalue weighted by atomic mass is 9.94. The van der Waals surface area contributed by atoms with Crippen LogP contribution in [-0.2, 0) is 23.8 Å². The smallest absolute Gasteiger partial charge is 0.332 e. The van der Waals surface area contributed by atoms with Crippen LogP contribution in [-0.4, -0.2) is 155 Å². The number of para-hydroxylation sites is 3. The molecule has 0 aliphatic carbocycles. The van der Waals surface area contributed by atoms with Gasteiger partial charge in [-0.05, 0) is 106 Å². The van der Waals surface area contributed by atoms with E-state index in [0.717, 1.165) is 34.4 Å². The van der Waals surface area contributed by atoms with Gasteiger partial charge in [-0.25, -0.2) is 48.3 Å². The molecule has 3 aromatic carbocycles. The molecule has 28 heteroatoms. The number of nitrogens with two attached hydrogens (primary N) is 1. The summed E-state index contributed by atoms with van der Waals surface area (Å²) in [7, 11) is 6.40. The highest BCUT2D eigenvalue weighted by Gasteiger charge is 2.37. The first kappa shape index (κ1) is 76.0. The minimum Gasteiger partial charge on any atom is -0.495 e. The molecule has 0 saturated carbocycles. The van der Waals surface area contributed by atoms with E-state index in [2.05, 4.69) is 72.5 Å². The third-order valence-electron chi connectivity index (χ3n) is 14.6. The first-order valence-corrected chi connectivity index (χ1v) is 37.2. The molecule has 6 aromatic heterocycles. The Balaban J connectivity index is 0.000000204. The second-order valence-corrected chi connectivity index (χ2v) is 22.9. The molecule has 0 atom stereocenters. The van der Waals surface area contributed by atoms with E-state index in [1.165, 1.54) is 0 Å². The molecule has 8 heterocycles. The fourth-order valence-corrected chi connectivity index (χ4v) is 9.71. The summed E-state index contributed by atoms with van der Waals surface area (Å²) >= 11 is 4.24. The van der Waals surface area contributed by atoms with Crippen molar-refractivity contribution >= 4 is 113 Å². The van der Waals surface area contributed by atoms with Crippen molar-refractivity contribution in [3.05, 3.63) is 189 Å². The van der Waals surface area contributed by atoms with Gasteiger partial charge in [0.15, 0.2) is 11.6 Å². The molecule has 24 nitrogen and oxygen atoms in total. The van der Waals surface area contributed by atoms with Crippen molar-refractivity contribution in [1.82, 2.24) is 39.9 Å². The molecule has 0 spiro atoms. The maximum absolute atomic E-state index is 15.4. The van der Waals surface area contributed by atoms with Gasteiger partial charge in [0.05, 0.1) is 91.2 Å². The molecule has 518 valence electrons. The van der Waals surface area contributed by atoms with Gasteiger partial charge < -0.3 is 59.1 Å². The molecule has 2 aliphatic heterocycles. The second-order valence-electron chi connectivity index (χ2n) is 22.9. The maximum atomic E-state index is 15.4. The number of ether oxygens (including phenoxy) is 7. The number of carbonyl (C=O) groups excluding carboxylic acids is 1. The number of carboxylic acid groups (broad SMARTS) is 1. The summed E-state index contributed by atoms with van der Waals surface area (Å²) < 4.78 is 66.4. The fraction of sp³-hybridized carbons (Fsp3) is 0.314. The van der Waals surface area contributed by atoms with Crippen molar-refractivity contribution in [2.75, 3.05) is 112 Å². The molecule has 2 fully saturated rings. The van der Waals surface area contributed by atoms with Gasteiger partial charge in [0, 0.05) is 106 Å². The van der Waals surface area contributed by atoms with Crippen LogP contribution < -0.4 is 49.6 Å². The molecule has 9 aromatic rings. The summed E-state index contributed by atoms with van der Waals surface area (Å²) in [6, 6.07) is 44.0. The quantitative estimate of drug-likeness (QED) is 0.0420. The molecule has 4 N–H and O–H groups in total. The summed E-state index contributed by atoms with van der Waals surface area (Å²) in [4.78, 5) is 65.8. The standard InChI is InChI=1S/C28H34FN5O4.C24H26FN5O4.C12H12N2O.C6H8N2O.I2/c1-27(2,3)38-26(35)19-37-20-28(29)12-14-33(15-13-28)24-17-30-18-25(32-24)34(21-8-6-5-7-9-21)23-11-10-22(36-4)16-31-23;1-33-19-7-8-20(27-13-19)30(18-5-3-2-4-6-18)22-15-26-14-21(28-22)29-11-9-24(25,10-12-29)17-34-16-23(31)32;1-15-11-7-8-12(13-9-11)14-10-5-3-2-4-6-10;1-9-5-2-3-6(7)8-4-5;1-2/h5-11,16-18H,12-15,19-20H2,1-4H3;2-8,13-15H,9-12,16-17H2,1H3,(H,31,32);2-9H,1H3,(H,13,14);2-4H,1H3,(H2,7,8);. The summed E-state index contributed by atoms with van der Waals surface area (Å²) in [5.74, 6) is 6.23. The van der Waals surface area contributed by atoms with E-state index in [-0.39, 0.29) is 45.5 Å². The highest BCUT2D eigenvalue weighted by molar-refractivity contribution is 15.0. The van der Waals surface area contributed by atoms with E-state index in [9.17, 15) is 9.59 Å². The van der Waals surface area contributed by atoms with Gasteiger partial charge in [0.25, 0.3) is 0 Å². The molecule has 0 amide bonds. The number of nitrogens with zero attached hydrogens (tertiary/aromatic N) is 12. The van der Waals surface area contributed by atoms with Crippen molar-refractivity contribution in [2.45, 2.75) is 63.4 Å². The van der Waals surface area contributed by atoms with Crippen LogP contribution in [0.2, 0.25) is 0 Å². The number of aliphatic carboxylic acids is 1. The van der Waals surface area contributed by atoms with Crippen molar-refractivity contribution in [2.24, 2.45) is 0 Å². The number of alkyl halides is 2. The molecule has 2 saturated heterocycles. The van der Waals surface area contributed by atoms with Gasteiger partial charge in [0.2, 0.25) is 0 Å². The predicted molar refractivity (Wildman–Crippen MR) is 392 cm³/mol. The number of nitrogen functional groups attached to an aromatic ring is 1. The third kappa shape index (κ3) is 24.3. The number of halogens is 4. The van der Waals surface area contributed by atoms with E-state index in [0.29, 0.717) is 78.4 Å². The molecular formula is C70H80F2I2N14O10. The van der Waals surface area contributed by atoms with Gasteiger partial charge >= 0.3 is 11.9 Å². The number of carbonyl (C=O) groups is 2. The van der Waals surface area contributed by atoms with Crippen molar-refractivity contribution in [1.29, 1.82) is 0 Å². The molecule has 0 radical (unpaired) electrons. The van der Waals surface area contributed by atoms with Crippen LogP contribution in [0.4, 0.5) is 72.4 Å². The molecule has 0 bridgehead atoms. The lowest BCUT2D eigenvalue weighted by molar-refractivity contribution is -0.161. The van der Waals surface area contributed by atoms with Gasteiger partial charge in [0.1, 0.15) is 88.1 Å². The van der Waals surface area contributed by atoms with E-state index < -0.39 is 35.5 Å². The Hall–Kier alpha value is -9.40. The lowest BCUT2D eigenvalue weighted by Gasteiger charge is -2.37. The summed E-state index contributed by atoms with van der Waals surface area (Å²) in [5, 5.41) is 11.9. The zero-order chi connectivity index (χ0) is 70.3. The second kappa shape index (κ2) is 38.5. The normalized spacial score (nSPS) is 13.5. The average molecular weight is 1570 g/mol. The number of hydrogen-bond acceptors (Lipinski definition) is 23. The van der Waals surface area contributed by atoms with Crippen molar-refractivity contribution in [3.8, 4) is 23.0 Å². The highest BCUT2D eigenvalue weighted by atomic mass is 128. The summed E-state index contributed by atoms with van der Waals surface area (Å²) in [6.07, 6.45) is 14.1. The zero-order valence-electron chi connectivity index (χ0n) is 55.5. The number of esters is 1. The monoisotopic (exact) mass is 1570 g/mol. The Morgan fingerprint density at radius 2 is 0.929 bits per heavy atom. The largest absolute Gasteiger partial charge is 0.495 e. The van der Waals surface area contributed by atoms with Crippen molar-refractivity contribution in [3.63, 3.8) is 0 Å². The Kier molecular flexibility index (Phi) is 29.9. The Labute approximate surface area is 592 Å². The van der Waals surface area contributed by atoms with Crippen LogP contribution in [0.3, 0.4) is 0 Å². The Bertz CT molecular complexity index is 3800. The van der Waals surface area contributed by atoms with Gasteiger partial charge in [-0.3, -0.25) is 19.8 Å². The van der Waals surface area contributed by atoms with Crippen LogP contribution >= 0.6 is 37.2 Å². The van der Waals surface area contributed by atoms with Crippen LogP contribution in [0, 0.1) is 0 Å². The van der Waals surface area contributed by atoms with Crippen LogP contribution in [0.15, 0.2) is 189 Å². The molecular weight excluding hydrogens is 1490 g/mol. The zero-order valence-corrected chi connectivity index (χ0v) is 59.8. The van der Waals surface area contributed by atoms with Crippen LogP contribution in [0.1, 0.15) is 46.5 Å². The molecule has 2 aliphatic rings. The van der Waals surface area contributed by atoms with E-state index >= 15 is 8.78 Å². The maximum Gasteiger partial charge on any atom is 0.332 e. The van der Waals surface area contributed by atoms with E-state index in [1.54, 1.807) is 111 Å². The van der Waals surface area contributed by atoms with E-state index in [1.807, 2.05) is 147 Å². The minimum absolute atomic E-state index is 0.156. The van der Waals surface area contributed by atoms with Crippen molar-refractivity contribution < 1.29 is 56.6 Å². The Morgan fingerprint density at radius 1 is 0.531 bits per heavy atom. The first-order chi connectivity index (χ1) is 47.3. The minimum atomic E-state index is -1.56. The van der Waals surface area contributed by atoms with E-state index in [4.69, 9.17) is 54.0 Å². The summed E-state index contributed by atoms with van der Waals surface area (Å²) in [6.45, 7) is 5.89. The molecule has 11 rings (SSSR count).